The largest absolute Gasteiger partial charge is 0.463 e. The predicted octanol–water partition coefficient (Wildman–Crippen LogP) is 4.85. The van der Waals surface area contributed by atoms with Crippen molar-refractivity contribution in [2.45, 2.75) is 0 Å². The molecule has 0 bridgehead atoms. The van der Waals surface area contributed by atoms with Gasteiger partial charge in [-0.1, -0.05) is 17.7 Å². The lowest BCUT2D eigenvalue weighted by atomic mass is 10.2. The number of halogens is 1. The average molecular weight is 322 g/mol. The minimum Gasteiger partial charge on any atom is -0.463 e. The van der Waals surface area contributed by atoms with Crippen molar-refractivity contribution in [3.8, 4) is 28.4 Å². The van der Waals surface area contributed by atoms with Gasteiger partial charge in [0.25, 0.3) is 0 Å². The molecule has 4 aromatic rings. The molecule has 5 heteroatoms. The third kappa shape index (κ3) is 2.64. The van der Waals surface area contributed by atoms with E-state index in [0.29, 0.717) is 5.02 Å². The molecule has 0 N–H and O–H groups in total. The summed E-state index contributed by atoms with van der Waals surface area (Å²) in [7, 11) is 0. The number of benzene rings is 1. The Morgan fingerprint density at radius 2 is 1.96 bits per heavy atom. The lowest BCUT2D eigenvalue weighted by molar-refractivity contribution is 0.577. The Balaban J connectivity index is 1.92. The summed E-state index contributed by atoms with van der Waals surface area (Å²) in [5.41, 5.74) is 3.50. The van der Waals surface area contributed by atoms with Crippen LogP contribution in [0.3, 0.4) is 0 Å². The number of furan rings is 1. The van der Waals surface area contributed by atoms with Crippen molar-refractivity contribution in [3.63, 3.8) is 0 Å². The first-order chi connectivity index (χ1) is 11.3. The van der Waals surface area contributed by atoms with E-state index in [2.05, 4.69) is 4.98 Å². The Bertz CT molecular complexity index is 930. The maximum atomic E-state index is 6.12. The lowest BCUT2D eigenvalue weighted by Gasteiger charge is -2.05. The summed E-state index contributed by atoms with van der Waals surface area (Å²) in [4.78, 5) is 4.16. The normalized spacial score (nSPS) is 10.8. The standard InChI is InChI=1S/C18H12ClN3O/c19-14-5-1-6-15(10-14)22-17(18-7-3-9-23-18)11-16(21-22)13-4-2-8-20-12-13/h1-12H. The van der Waals surface area contributed by atoms with E-state index in [-0.39, 0.29) is 0 Å². The van der Waals surface area contributed by atoms with Crippen LogP contribution in [0.5, 0.6) is 0 Å². The van der Waals surface area contributed by atoms with E-state index in [0.717, 1.165) is 28.4 Å². The molecule has 0 aliphatic heterocycles. The molecule has 1 aromatic carbocycles. The summed E-state index contributed by atoms with van der Waals surface area (Å²) in [5.74, 6) is 0.743. The first-order valence-electron chi connectivity index (χ1n) is 7.11. The second-order valence-corrected chi connectivity index (χ2v) is 5.46. The Hall–Kier alpha value is -2.85. The van der Waals surface area contributed by atoms with Crippen LogP contribution >= 0.6 is 11.6 Å². The first-order valence-corrected chi connectivity index (χ1v) is 7.49. The summed E-state index contributed by atoms with van der Waals surface area (Å²) in [5, 5.41) is 5.36. The molecule has 0 spiro atoms. The molecule has 0 amide bonds. The van der Waals surface area contributed by atoms with Crippen molar-refractivity contribution < 1.29 is 4.42 Å². The van der Waals surface area contributed by atoms with E-state index in [9.17, 15) is 0 Å². The van der Waals surface area contributed by atoms with E-state index in [1.807, 2.05) is 59.3 Å². The van der Waals surface area contributed by atoms with E-state index in [4.69, 9.17) is 21.1 Å². The van der Waals surface area contributed by atoms with E-state index < -0.39 is 0 Å². The van der Waals surface area contributed by atoms with Gasteiger partial charge >= 0.3 is 0 Å². The van der Waals surface area contributed by atoms with Crippen molar-refractivity contribution >= 4 is 11.6 Å². The molecule has 0 fully saturated rings. The zero-order valence-corrected chi connectivity index (χ0v) is 12.8. The average Bonchev–Trinajstić information content (AvgIpc) is 3.25. The number of hydrogen-bond donors (Lipinski definition) is 0. The Morgan fingerprint density at radius 1 is 1.00 bits per heavy atom. The van der Waals surface area contributed by atoms with E-state index in [1.54, 1.807) is 18.7 Å². The van der Waals surface area contributed by atoms with Gasteiger partial charge in [-0.2, -0.15) is 5.10 Å². The molecule has 0 aliphatic rings. The summed E-state index contributed by atoms with van der Waals surface area (Å²) >= 11 is 6.12. The number of aromatic nitrogens is 3. The highest BCUT2D eigenvalue weighted by molar-refractivity contribution is 6.30. The highest BCUT2D eigenvalue weighted by Gasteiger charge is 2.15. The Morgan fingerprint density at radius 3 is 2.70 bits per heavy atom. The summed E-state index contributed by atoms with van der Waals surface area (Å²) in [6.45, 7) is 0. The maximum absolute atomic E-state index is 6.12. The monoisotopic (exact) mass is 321 g/mol. The topological polar surface area (TPSA) is 43.9 Å². The van der Waals surface area contributed by atoms with Gasteiger partial charge in [0.05, 0.1) is 17.6 Å². The van der Waals surface area contributed by atoms with Crippen LogP contribution in [0.1, 0.15) is 0 Å². The van der Waals surface area contributed by atoms with Crippen LogP contribution in [-0.2, 0) is 0 Å². The van der Waals surface area contributed by atoms with Crippen LogP contribution in [-0.4, -0.2) is 14.8 Å². The molecule has 0 saturated heterocycles. The summed E-state index contributed by atoms with van der Waals surface area (Å²) < 4.78 is 7.38. The van der Waals surface area contributed by atoms with E-state index >= 15 is 0 Å². The van der Waals surface area contributed by atoms with Crippen LogP contribution in [0.15, 0.2) is 77.7 Å². The van der Waals surface area contributed by atoms with Crippen LogP contribution < -0.4 is 0 Å². The predicted molar refractivity (Wildman–Crippen MR) is 89.5 cm³/mol. The molecule has 4 nitrogen and oxygen atoms in total. The van der Waals surface area contributed by atoms with Gasteiger partial charge in [0.1, 0.15) is 5.69 Å². The van der Waals surface area contributed by atoms with E-state index in [1.165, 1.54) is 0 Å². The van der Waals surface area contributed by atoms with Gasteiger partial charge in [0.15, 0.2) is 5.76 Å². The molecule has 4 rings (SSSR count). The maximum Gasteiger partial charge on any atom is 0.152 e. The molecule has 3 heterocycles. The number of pyridine rings is 1. The molecule has 0 saturated carbocycles. The number of hydrogen-bond acceptors (Lipinski definition) is 3. The fourth-order valence-corrected chi connectivity index (χ4v) is 2.63. The quantitative estimate of drug-likeness (QED) is 0.542. The van der Waals surface area contributed by atoms with Crippen LogP contribution in [0, 0.1) is 0 Å². The fraction of sp³-hybridized carbons (Fsp3) is 0. The second-order valence-electron chi connectivity index (χ2n) is 5.03. The molecule has 0 radical (unpaired) electrons. The van der Waals surface area contributed by atoms with Gasteiger partial charge in [0.2, 0.25) is 0 Å². The van der Waals surface area contributed by atoms with Crippen molar-refractivity contribution in [2.75, 3.05) is 0 Å². The zero-order valence-electron chi connectivity index (χ0n) is 12.1. The second kappa shape index (κ2) is 5.74. The van der Waals surface area contributed by atoms with Gasteiger partial charge in [0, 0.05) is 23.0 Å². The SMILES string of the molecule is Clc1cccc(-n2nc(-c3cccnc3)cc2-c2ccco2)c1. The van der Waals surface area contributed by atoms with Crippen LogP contribution in [0.4, 0.5) is 0 Å². The van der Waals surface area contributed by atoms with Gasteiger partial charge in [-0.3, -0.25) is 4.98 Å². The van der Waals surface area contributed by atoms with Gasteiger partial charge in [-0.15, -0.1) is 0 Å². The highest BCUT2D eigenvalue weighted by Crippen LogP contribution is 2.29. The van der Waals surface area contributed by atoms with Crippen molar-refractivity contribution in [1.82, 2.24) is 14.8 Å². The Labute approximate surface area is 138 Å². The van der Waals surface area contributed by atoms with Gasteiger partial charge < -0.3 is 4.42 Å². The molecule has 112 valence electrons. The molecule has 0 atom stereocenters. The highest BCUT2D eigenvalue weighted by atomic mass is 35.5. The molecular weight excluding hydrogens is 310 g/mol. The third-order valence-electron chi connectivity index (χ3n) is 3.49. The molecule has 23 heavy (non-hydrogen) atoms. The minimum atomic E-state index is 0.659. The van der Waals surface area contributed by atoms with Crippen LogP contribution in [0.2, 0.25) is 5.02 Å². The number of nitrogens with zero attached hydrogens (tertiary/aromatic N) is 3. The molecule has 3 aromatic heterocycles. The summed E-state index contributed by atoms with van der Waals surface area (Å²) in [6.07, 6.45) is 5.18. The zero-order chi connectivity index (χ0) is 15.6. The smallest absolute Gasteiger partial charge is 0.152 e. The summed E-state index contributed by atoms with van der Waals surface area (Å²) in [6, 6.07) is 17.2. The minimum absolute atomic E-state index is 0.659. The Kier molecular flexibility index (Phi) is 3.44. The molecular formula is C18H12ClN3O. The third-order valence-corrected chi connectivity index (χ3v) is 3.73. The first kappa shape index (κ1) is 13.8. The fourth-order valence-electron chi connectivity index (χ4n) is 2.44. The van der Waals surface area contributed by atoms with Crippen LogP contribution in [0.25, 0.3) is 28.4 Å². The van der Waals surface area contributed by atoms with Crippen molar-refractivity contribution in [3.05, 3.63) is 78.3 Å². The van der Waals surface area contributed by atoms with Crippen molar-refractivity contribution in [1.29, 1.82) is 0 Å². The number of rotatable bonds is 3. The van der Waals surface area contributed by atoms with Crippen molar-refractivity contribution in [2.24, 2.45) is 0 Å². The van der Waals surface area contributed by atoms with Gasteiger partial charge in [-0.25, -0.2) is 4.68 Å². The van der Waals surface area contributed by atoms with Gasteiger partial charge in [-0.05, 0) is 48.5 Å². The molecule has 0 unspecified atom stereocenters. The lowest BCUT2D eigenvalue weighted by Crippen LogP contribution is -1.98. The molecule has 0 aliphatic carbocycles.